The summed E-state index contributed by atoms with van der Waals surface area (Å²) in [6.07, 6.45) is 11.7. The maximum Gasteiger partial charge on any atom is 0.132 e. The molecule has 4 heteroatoms. The van der Waals surface area contributed by atoms with Crippen LogP contribution in [-0.4, -0.2) is 35.0 Å². The van der Waals surface area contributed by atoms with Gasteiger partial charge in [-0.15, -0.1) is 0 Å². The molecule has 0 spiro atoms. The van der Waals surface area contributed by atoms with E-state index >= 15 is 0 Å². The maximum atomic E-state index is 11.8. The molecule has 0 heterocycles. The van der Waals surface area contributed by atoms with Gasteiger partial charge in [0, 0.05) is 12.8 Å². The molecular weight excluding hydrogens is 412 g/mol. The van der Waals surface area contributed by atoms with Crippen molar-refractivity contribution >= 4 is 11.6 Å². The Hall–Kier alpha value is -0.740. The van der Waals surface area contributed by atoms with Crippen LogP contribution in [0, 0.1) is 17.8 Å². The van der Waals surface area contributed by atoms with Crippen LogP contribution in [0.25, 0.3) is 0 Å². The largest absolute Gasteiger partial charge is 0.369 e. The van der Waals surface area contributed by atoms with Crippen LogP contribution in [-0.2, 0) is 19.1 Å². The van der Waals surface area contributed by atoms with E-state index in [1.165, 1.54) is 38.5 Å². The van der Waals surface area contributed by atoms with Crippen LogP contribution in [0.3, 0.4) is 0 Å². The summed E-state index contributed by atoms with van der Waals surface area (Å²) < 4.78 is 13.0. The predicted molar refractivity (Wildman–Crippen MR) is 138 cm³/mol. The van der Waals surface area contributed by atoms with E-state index in [-0.39, 0.29) is 23.8 Å². The molecular formula is C29H54O4. The number of hydrogen-bond donors (Lipinski definition) is 0. The SMILES string of the molecule is CC(=O)CC(C)(C)OC1CCC(CCCC(C)CCCC(C)C)CC1OC(C)(C)CC(C)=O. The van der Waals surface area contributed by atoms with Crippen molar-refractivity contribution in [3.05, 3.63) is 0 Å². The molecule has 0 aliphatic heterocycles. The molecule has 0 aromatic heterocycles. The Kier molecular flexibility index (Phi) is 12.8. The molecule has 4 unspecified atom stereocenters. The lowest BCUT2D eigenvalue weighted by molar-refractivity contribution is -0.192. The van der Waals surface area contributed by atoms with Gasteiger partial charge in [-0.3, -0.25) is 9.59 Å². The number of carbonyl (C=O) groups is 2. The summed E-state index contributed by atoms with van der Waals surface area (Å²) in [6.45, 7) is 18.3. The molecule has 4 atom stereocenters. The minimum Gasteiger partial charge on any atom is -0.369 e. The van der Waals surface area contributed by atoms with Crippen LogP contribution in [0.1, 0.15) is 133 Å². The van der Waals surface area contributed by atoms with Crippen molar-refractivity contribution < 1.29 is 19.1 Å². The number of Topliss-reactive ketones (excluding diaryl/α,β-unsaturated/α-hetero) is 2. The van der Waals surface area contributed by atoms with Crippen LogP contribution < -0.4 is 0 Å². The van der Waals surface area contributed by atoms with Crippen molar-refractivity contribution in [1.29, 1.82) is 0 Å². The topological polar surface area (TPSA) is 52.6 Å². The Balaban J connectivity index is 2.69. The average Bonchev–Trinajstić information content (AvgIpc) is 2.60. The molecule has 0 aromatic rings. The van der Waals surface area contributed by atoms with E-state index in [1.807, 2.05) is 27.7 Å². The summed E-state index contributed by atoms with van der Waals surface area (Å²) in [4.78, 5) is 23.5. The molecule has 1 aliphatic rings. The molecule has 0 amide bonds. The van der Waals surface area contributed by atoms with Crippen molar-refractivity contribution in [3.63, 3.8) is 0 Å². The fraction of sp³-hybridized carbons (Fsp3) is 0.931. The van der Waals surface area contributed by atoms with Gasteiger partial charge in [0.25, 0.3) is 0 Å². The quantitative estimate of drug-likeness (QED) is 0.234. The van der Waals surface area contributed by atoms with E-state index in [9.17, 15) is 9.59 Å². The monoisotopic (exact) mass is 466 g/mol. The standard InChI is InChI=1S/C29H54O4/c1-21(2)12-10-13-22(3)14-11-15-25-16-17-26(32-28(6,7)19-23(4)30)27(18-25)33-29(8,9)20-24(5)31/h21-22,25-27H,10-20H2,1-9H3. The number of carbonyl (C=O) groups excluding carboxylic acids is 2. The summed E-state index contributed by atoms with van der Waals surface area (Å²) >= 11 is 0. The third kappa shape index (κ3) is 13.7. The highest BCUT2D eigenvalue weighted by molar-refractivity contribution is 5.76. The van der Waals surface area contributed by atoms with E-state index in [2.05, 4.69) is 20.8 Å². The van der Waals surface area contributed by atoms with Crippen molar-refractivity contribution in [1.82, 2.24) is 0 Å². The first-order valence-corrected chi connectivity index (χ1v) is 13.5. The first kappa shape index (κ1) is 30.3. The Bertz CT molecular complexity index is 592. The van der Waals surface area contributed by atoms with E-state index in [1.54, 1.807) is 13.8 Å². The average molecular weight is 467 g/mol. The highest BCUT2D eigenvalue weighted by Crippen LogP contribution is 2.37. The van der Waals surface area contributed by atoms with Crippen LogP contribution >= 0.6 is 0 Å². The van der Waals surface area contributed by atoms with E-state index < -0.39 is 11.2 Å². The Morgan fingerprint density at radius 1 is 0.788 bits per heavy atom. The second kappa shape index (κ2) is 14.0. The number of hydrogen-bond acceptors (Lipinski definition) is 4. The first-order valence-electron chi connectivity index (χ1n) is 13.5. The molecule has 4 nitrogen and oxygen atoms in total. The molecule has 0 saturated heterocycles. The third-order valence-electron chi connectivity index (χ3n) is 6.92. The lowest BCUT2D eigenvalue weighted by atomic mass is 9.80. The van der Waals surface area contributed by atoms with E-state index in [0.717, 1.165) is 31.1 Å². The zero-order valence-electron chi connectivity index (χ0n) is 23.3. The highest BCUT2D eigenvalue weighted by Gasteiger charge is 2.39. The van der Waals surface area contributed by atoms with Gasteiger partial charge >= 0.3 is 0 Å². The molecule has 0 radical (unpaired) electrons. The van der Waals surface area contributed by atoms with Gasteiger partial charge in [0.2, 0.25) is 0 Å². The van der Waals surface area contributed by atoms with Crippen molar-refractivity contribution in [3.8, 4) is 0 Å². The molecule has 0 aromatic carbocycles. The van der Waals surface area contributed by atoms with Crippen molar-refractivity contribution in [2.24, 2.45) is 17.8 Å². The maximum absolute atomic E-state index is 11.8. The molecule has 1 aliphatic carbocycles. The number of ketones is 2. The zero-order valence-corrected chi connectivity index (χ0v) is 23.3. The fourth-order valence-electron chi connectivity index (χ4n) is 5.58. The van der Waals surface area contributed by atoms with Gasteiger partial charge in [-0.2, -0.15) is 0 Å². The number of rotatable bonds is 16. The van der Waals surface area contributed by atoms with Crippen molar-refractivity contribution in [2.75, 3.05) is 0 Å². The van der Waals surface area contributed by atoms with Gasteiger partial charge in [0.05, 0.1) is 23.4 Å². The third-order valence-corrected chi connectivity index (χ3v) is 6.92. The summed E-state index contributed by atoms with van der Waals surface area (Å²) in [5.41, 5.74) is -1.00. The van der Waals surface area contributed by atoms with E-state index in [0.29, 0.717) is 18.8 Å². The minimum absolute atomic E-state index is 0.0307. The lowest BCUT2D eigenvalue weighted by Crippen LogP contribution is -2.47. The second-order valence-corrected chi connectivity index (χ2v) is 12.6. The van der Waals surface area contributed by atoms with Crippen LogP contribution in [0.4, 0.5) is 0 Å². The molecule has 0 N–H and O–H groups in total. The van der Waals surface area contributed by atoms with Crippen molar-refractivity contribution in [2.45, 2.75) is 156 Å². The Labute approximate surface area is 205 Å². The molecule has 194 valence electrons. The van der Waals surface area contributed by atoms with Gasteiger partial charge in [-0.1, -0.05) is 59.3 Å². The predicted octanol–water partition coefficient (Wildman–Crippen LogP) is 7.71. The van der Waals surface area contributed by atoms with E-state index in [4.69, 9.17) is 9.47 Å². The first-order chi connectivity index (χ1) is 15.2. The zero-order chi connectivity index (χ0) is 25.2. The number of ether oxygens (including phenoxy) is 2. The summed E-state index contributed by atoms with van der Waals surface area (Å²) in [6, 6.07) is 0. The lowest BCUT2D eigenvalue weighted by Gasteiger charge is -2.43. The summed E-state index contributed by atoms with van der Waals surface area (Å²) in [7, 11) is 0. The minimum atomic E-state index is -0.504. The fourth-order valence-corrected chi connectivity index (χ4v) is 5.58. The second-order valence-electron chi connectivity index (χ2n) is 12.6. The molecule has 1 rings (SSSR count). The Morgan fingerprint density at radius 3 is 1.82 bits per heavy atom. The van der Waals surface area contributed by atoms with Gasteiger partial charge in [-0.05, 0) is 78.6 Å². The van der Waals surface area contributed by atoms with Gasteiger partial charge in [-0.25, -0.2) is 0 Å². The van der Waals surface area contributed by atoms with Gasteiger partial charge in [0.1, 0.15) is 11.6 Å². The molecule has 33 heavy (non-hydrogen) atoms. The molecule has 1 fully saturated rings. The van der Waals surface area contributed by atoms with Gasteiger partial charge < -0.3 is 9.47 Å². The van der Waals surface area contributed by atoms with Crippen LogP contribution in [0.5, 0.6) is 0 Å². The summed E-state index contributed by atoms with van der Waals surface area (Å²) in [5, 5.41) is 0. The summed E-state index contributed by atoms with van der Waals surface area (Å²) in [5.74, 6) is 2.54. The molecule has 0 bridgehead atoms. The normalized spacial score (nSPS) is 23.0. The van der Waals surface area contributed by atoms with Crippen LogP contribution in [0.15, 0.2) is 0 Å². The highest BCUT2D eigenvalue weighted by atomic mass is 16.6. The Morgan fingerprint density at radius 2 is 1.30 bits per heavy atom. The smallest absolute Gasteiger partial charge is 0.132 e. The molecule has 1 saturated carbocycles. The van der Waals surface area contributed by atoms with Gasteiger partial charge in [0.15, 0.2) is 0 Å². The van der Waals surface area contributed by atoms with Crippen LogP contribution in [0.2, 0.25) is 0 Å².